The Labute approximate surface area is 121 Å². The maximum absolute atomic E-state index is 5.94. The van der Waals surface area contributed by atoms with E-state index in [0.29, 0.717) is 23.2 Å². The second kappa shape index (κ2) is 6.00. The van der Waals surface area contributed by atoms with Gasteiger partial charge in [-0.25, -0.2) is 4.98 Å². The van der Waals surface area contributed by atoms with E-state index in [4.69, 9.17) is 16.3 Å². The molecule has 0 aliphatic carbocycles. The number of aromatic nitrogens is 2. The van der Waals surface area contributed by atoms with E-state index in [1.807, 2.05) is 30.3 Å². The molecular weight excluding hydrogens is 371 g/mol. The predicted octanol–water partition coefficient (Wildman–Crippen LogP) is 4.24. The lowest BCUT2D eigenvalue weighted by Gasteiger charge is -2.07. The van der Waals surface area contributed by atoms with Crippen LogP contribution in [0.5, 0.6) is 0 Å². The standard InChI is InChI=1S/C11H9Br2ClN2O/c12-9-10(13)16(11(14)15-9)7-17-6-8-4-2-1-3-5-8/h1-5H,6-7H2. The molecule has 0 saturated heterocycles. The van der Waals surface area contributed by atoms with Crippen molar-refractivity contribution in [2.24, 2.45) is 0 Å². The molecule has 0 radical (unpaired) electrons. The van der Waals surface area contributed by atoms with Crippen LogP contribution in [-0.4, -0.2) is 9.55 Å². The molecule has 1 aromatic heterocycles. The predicted molar refractivity (Wildman–Crippen MR) is 73.9 cm³/mol. The number of imidazole rings is 1. The highest BCUT2D eigenvalue weighted by molar-refractivity contribution is 9.13. The summed E-state index contributed by atoms with van der Waals surface area (Å²) in [6.07, 6.45) is 0. The lowest BCUT2D eigenvalue weighted by Crippen LogP contribution is -2.03. The maximum Gasteiger partial charge on any atom is 0.206 e. The summed E-state index contributed by atoms with van der Waals surface area (Å²) in [6, 6.07) is 9.97. The normalized spacial score (nSPS) is 10.8. The van der Waals surface area contributed by atoms with E-state index in [2.05, 4.69) is 36.8 Å². The first-order valence-electron chi connectivity index (χ1n) is 4.87. The Hall–Kier alpha value is -0.360. The molecule has 0 atom stereocenters. The summed E-state index contributed by atoms with van der Waals surface area (Å²) in [5, 5.41) is 0.386. The van der Waals surface area contributed by atoms with Crippen LogP contribution in [0.25, 0.3) is 0 Å². The first-order valence-corrected chi connectivity index (χ1v) is 6.83. The third-order valence-electron chi connectivity index (χ3n) is 2.15. The zero-order valence-corrected chi connectivity index (χ0v) is 12.7. The largest absolute Gasteiger partial charge is 0.356 e. The third kappa shape index (κ3) is 3.31. The topological polar surface area (TPSA) is 27.1 Å². The number of ether oxygens (including phenoxy) is 1. The average Bonchev–Trinajstić information content (AvgIpc) is 2.57. The average molecular weight is 380 g/mol. The van der Waals surface area contributed by atoms with E-state index in [1.165, 1.54) is 0 Å². The van der Waals surface area contributed by atoms with Gasteiger partial charge in [-0.3, -0.25) is 4.57 Å². The molecule has 0 unspecified atom stereocenters. The molecule has 0 aliphatic heterocycles. The fraction of sp³-hybridized carbons (Fsp3) is 0.182. The molecule has 0 amide bonds. The van der Waals surface area contributed by atoms with Gasteiger partial charge in [0.25, 0.3) is 0 Å². The number of rotatable bonds is 4. The second-order valence-corrected chi connectivity index (χ2v) is 5.19. The van der Waals surface area contributed by atoms with Gasteiger partial charge in [0.05, 0.1) is 6.61 Å². The molecule has 0 bridgehead atoms. The van der Waals surface area contributed by atoms with E-state index in [1.54, 1.807) is 4.57 Å². The maximum atomic E-state index is 5.94. The van der Waals surface area contributed by atoms with Crippen molar-refractivity contribution in [3.05, 3.63) is 50.4 Å². The van der Waals surface area contributed by atoms with E-state index >= 15 is 0 Å². The van der Waals surface area contributed by atoms with E-state index < -0.39 is 0 Å². The molecule has 0 N–H and O–H groups in total. The smallest absolute Gasteiger partial charge is 0.206 e. The fourth-order valence-corrected chi connectivity index (χ4v) is 2.48. The van der Waals surface area contributed by atoms with Crippen LogP contribution >= 0.6 is 43.5 Å². The summed E-state index contributed by atoms with van der Waals surface area (Å²) in [6.45, 7) is 0.895. The van der Waals surface area contributed by atoms with Crippen molar-refractivity contribution in [3.8, 4) is 0 Å². The summed E-state index contributed by atoms with van der Waals surface area (Å²) in [5.41, 5.74) is 1.12. The Bertz CT molecular complexity index is 502. The van der Waals surface area contributed by atoms with Crippen molar-refractivity contribution >= 4 is 43.5 Å². The molecule has 1 aromatic carbocycles. The monoisotopic (exact) mass is 378 g/mol. The SMILES string of the molecule is Clc1nc(Br)c(Br)n1COCc1ccccc1. The lowest BCUT2D eigenvalue weighted by atomic mass is 10.2. The van der Waals surface area contributed by atoms with Gasteiger partial charge < -0.3 is 4.74 Å². The third-order valence-corrected chi connectivity index (χ3v) is 4.33. The molecule has 90 valence electrons. The molecule has 1 heterocycles. The number of benzene rings is 1. The molecular formula is C11H9Br2ClN2O. The summed E-state index contributed by atoms with van der Waals surface area (Å²) in [7, 11) is 0. The van der Waals surface area contributed by atoms with Crippen LogP contribution < -0.4 is 0 Å². The minimum atomic E-state index is 0.354. The highest BCUT2D eigenvalue weighted by atomic mass is 79.9. The Balaban J connectivity index is 1.95. The molecule has 6 heteroatoms. The molecule has 0 saturated carbocycles. The van der Waals surface area contributed by atoms with Crippen LogP contribution in [0.1, 0.15) is 5.56 Å². The van der Waals surface area contributed by atoms with Crippen LogP contribution in [0, 0.1) is 0 Å². The Kier molecular flexibility index (Phi) is 4.62. The van der Waals surface area contributed by atoms with Crippen molar-refractivity contribution < 1.29 is 4.74 Å². The highest BCUT2D eigenvalue weighted by Gasteiger charge is 2.11. The number of halogens is 3. The quantitative estimate of drug-likeness (QED) is 0.794. The van der Waals surface area contributed by atoms with Gasteiger partial charge in [-0.2, -0.15) is 0 Å². The Morgan fingerprint density at radius 1 is 1.24 bits per heavy atom. The van der Waals surface area contributed by atoms with E-state index in [9.17, 15) is 0 Å². The van der Waals surface area contributed by atoms with Gasteiger partial charge in [0.15, 0.2) is 0 Å². The molecule has 0 spiro atoms. The summed E-state index contributed by atoms with van der Waals surface area (Å²) < 4.78 is 8.74. The second-order valence-electron chi connectivity index (χ2n) is 3.35. The number of nitrogens with zero attached hydrogens (tertiary/aromatic N) is 2. The molecule has 0 aliphatic rings. The van der Waals surface area contributed by atoms with Crippen LogP contribution in [0.3, 0.4) is 0 Å². The molecule has 3 nitrogen and oxygen atoms in total. The van der Waals surface area contributed by atoms with Gasteiger partial charge in [0, 0.05) is 0 Å². The van der Waals surface area contributed by atoms with Crippen molar-refractivity contribution in [3.63, 3.8) is 0 Å². The van der Waals surface area contributed by atoms with Crippen molar-refractivity contribution in [2.75, 3.05) is 0 Å². The van der Waals surface area contributed by atoms with Crippen molar-refractivity contribution in [1.82, 2.24) is 9.55 Å². The van der Waals surface area contributed by atoms with Crippen LogP contribution in [0.15, 0.2) is 39.5 Å². The van der Waals surface area contributed by atoms with E-state index in [0.717, 1.165) is 10.2 Å². The Morgan fingerprint density at radius 2 is 1.94 bits per heavy atom. The lowest BCUT2D eigenvalue weighted by molar-refractivity contribution is 0.0628. The fourth-order valence-electron chi connectivity index (χ4n) is 1.32. The first kappa shape index (κ1) is 13.1. The van der Waals surface area contributed by atoms with Gasteiger partial charge in [0.2, 0.25) is 5.28 Å². The summed E-state index contributed by atoms with van der Waals surface area (Å²) >= 11 is 12.6. The Morgan fingerprint density at radius 3 is 2.53 bits per heavy atom. The van der Waals surface area contributed by atoms with Gasteiger partial charge >= 0.3 is 0 Å². The van der Waals surface area contributed by atoms with Gasteiger partial charge in [-0.1, -0.05) is 30.3 Å². The van der Waals surface area contributed by atoms with Crippen LogP contribution in [0.4, 0.5) is 0 Å². The summed E-state index contributed by atoms with van der Waals surface area (Å²) in [4.78, 5) is 4.05. The summed E-state index contributed by atoms with van der Waals surface area (Å²) in [5.74, 6) is 0. The van der Waals surface area contributed by atoms with Crippen molar-refractivity contribution in [2.45, 2.75) is 13.3 Å². The number of hydrogen-bond acceptors (Lipinski definition) is 2. The van der Waals surface area contributed by atoms with Gasteiger partial charge in [0.1, 0.15) is 15.9 Å². The first-order chi connectivity index (χ1) is 8.18. The van der Waals surface area contributed by atoms with Crippen LogP contribution in [-0.2, 0) is 18.1 Å². The van der Waals surface area contributed by atoms with Gasteiger partial charge in [-0.15, -0.1) is 0 Å². The molecule has 0 fully saturated rings. The minimum Gasteiger partial charge on any atom is -0.356 e. The van der Waals surface area contributed by atoms with Crippen molar-refractivity contribution in [1.29, 1.82) is 0 Å². The number of hydrogen-bond donors (Lipinski definition) is 0. The zero-order valence-electron chi connectivity index (χ0n) is 8.74. The molecule has 2 rings (SSSR count). The molecule has 2 aromatic rings. The van der Waals surface area contributed by atoms with Gasteiger partial charge in [-0.05, 0) is 49.0 Å². The zero-order chi connectivity index (χ0) is 12.3. The minimum absolute atomic E-state index is 0.354. The highest BCUT2D eigenvalue weighted by Crippen LogP contribution is 2.26. The molecule has 17 heavy (non-hydrogen) atoms. The van der Waals surface area contributed by atoms with E-state index in [-0.39, 0.29) is 0 Å². The van der Waals surface area contributed by atoms with Crippen LogP contribution in [0.2, 0.25) is 5.28 Å².